The van der Waals surface area contributed by atoms with E-state index in [9.17, 15) is 4.79 Å². The molecule has 0 spiro atoms. The summed E-state index contributed by atoms with van der Waals surface area (Å²) in [5, 5.41) is 3.62. The largest absolute Gasteiger partial charge is 0.456 e. The second-order valence-corrected chi connectivity index (χ2v) is 8.40. The zero-order valence-corrected chi connectivity index (χ0v) is 19.5. The van der Waals surface area contributed by atoms with Crippen LogP contribution in [0.1, 0.15) is 28.8 Å². The van der Waals surface area contributed by atoms with Gasteiger partial charge in [0.25, 0.3) is 5.91 Å². The number of nitrogens with zero attached hydrogens (tertiary/aromatic N) is 4. The van der Waals surface area contributed by atoms with Crippen LogP contribution in [0.2, 0.25) is 0 Å². The first-order valence-corrected chi connectivity index (χ1v) is 11.0. The Morgan fingerprint density at radius 1 is 1.22 bits per heavy atom. The number of ether oxygens (including phenoxy) is 1. The molecule has 1 aromatic carbocycles. The number of aromatic nitrogens is 4. The van der Waals surface area contributed by atoms with Crippen LogP contribution in [0.15, 0.2) is 60.0 Å². The third-order valence-corrected chi connectivity index (χ3v) is 6.58. The van der Waals surface area contributed by atoms with E-state index in [1.165, 1.54) is 0 Å². The third-order valence-electron chi connectivity index (χ3n) is 5.42. The summed E-state index contributed by atoms with van der Waals surface area (Å²) in [7, 11) is 5.56. The molecule has 4 aromatic rings. The highest BCUT2D eigenvalue weighted by Gasteiger charge is 2.19. The molecule has 0 radical (unpaired) electrons. The van der Waals surface area contributed by atoms with Gasteiger partial charge in [-0.15, -0.1) is 0 Å². The highest BCUT2D eigenvalue weighted by atomic mass is 32.2. The SMILES string of the molecule is C/C=C(\Sc1cnccc1Oc1ccc2c(C(=O)NC)c(C)n(C)c2c1)c1nccn1C. The van der Waals surface area contributed by atoms with E-state index in [-0.39, 0.29) is 5.91 Å². The first-order chi connectivity index (χ1) is 15.4. The Balaban J connectivity index is 1.68. The van der Waals surface area contributed by atoms with Crippen LogP contribution in [0.5, 0.6) is 11.5 Å². The van der Waals surface area contributed by atoms with Crippen molar-refractivity contribution in [1.29, 1.82) is 0 Å². The van der Waals surface area contributed by atoms with E-state index in [0.717, 1.165) is 32.2 Å². The number of aryl methyl sites for hydroxylation is 2. The highest BCUT2D eigenvalue weighted by Crippen LogP contribution is 2.40. The standard InChI is InChI=1S/C24H25N5O2S/c1-6-20(23-27-11-12-28(23)4)32-21-14-26-10-9-19(21)31-16-7-8-17-18(13-16)29(5)15(2)22(17)24(30)25-3/h6-14H,1-5H3,(H,25,30)/b20-6-. The van der Waals surface area contributed by atoms with E-state index < -0.39 is 0 Å². The molecule has 7 nitrogen and oxygen atoms in total. The van der Waals surface area contributed by atoms with Gasteiger partial charge in [-0.3, -0.25) is 9.78 Å². The number of fused-ring (bicyclic) bond motifs is 1. The topological polar surface area (TPSA) is 74.0 Å². The fourth-order valence-corrected chi connectivity index (χ4v) is 4.60. The Bertz CT molecular complexity index is 1340. The second kappa shape index (κ2) is 8.92. The zero-order valence-electron chi connectivity index (χ0n) is 18.7. The van der Waals surface area contributed by atoms with E-state index in [0.29, 0.717) is 17.1 Å². The Kier molecular flexibility index (Phi) is 6.05. The molecule has 0 aliphatic carbocycles. The molecule has 1 amide bonds. The monoisotopic (exact) mass is 447 g/mol. The fourth-order valence-electron chi connectivity index (χ4n) is 3.63. The molecule has 32 heavy (non-hydrogen) atoms. The van der Waals surface area contributed by atoms with Crippen molar-refractivity contribution in [3.8, 4) is 11.5 Å². The number of pyridine rings is 1. The van der Waals surface area contributed by atoms with Gasteiger partial charge in [0.15, 0.2) is 0 Å². The molecule has 4 rings (SSSR count). The maximum atomic E-state index is 12.4. The number of hydrogen-bond acceptors (Lipinski definition) is 5. The number of benzene rings is 1. The van der Waals surface area contributed by atoms with Crippen molar-refractivity contribution < 1.29 is 9.53 Å². The van der Waals surface area contributed by atoms with Gasteiger partial charge in [-0.2, -0.15) is 0 Å². The lowest BCUT2D eigenvalue weighted by Crippen LogP contribution is -2.18. The molecule has 0 saturated carbocycles. The van der Waals surface area contributed by atoms with Gasteiger partial charge < -0.3 is 19.2 Å². The number of amides is 1. The number of rotatable bonds is 6. The smallest absolute Gasteiger partial charge is 0.253 e. The Labute approximate surface area is 191 Å². The van der Waals surface area contributed by atoms with E-state index in [1.807, 2.05) is 73.6 Å². The predicted molar refractivity (Wildman–Crippen MR) is 128 cm³/mol. The first-order valence-electron chi connectivity index (χ1n) is 10.2. The van der Waals surface area contributed by atoms with Gasteiger partial charge in [0.1, 0.15) is 17.3 Å². The van der Waals surface area contributed by atoms with Crippen molar-refractivity contribution in [2.75, 3.05) is 7.05 Å². The quantitative estimate of drug-likeness (QED) is 0.425. The lowest BCUT2D eigenvalue weighted by atomic mass is 10.1. The molecule has 1 N–H and O–H groups in total. The van der Waals surface area contributed by atoms with Gasteiger partial charge >= 0.3 is 0 Å². The average Bonchev–Trinajstić information content (AvgIpc) is 3.33. The minimum atomic E-state index is -0.0947. The van der Waals surface area contributed by atoms with Crippen LogP contribution in [0, 0.1) is 6.92 Å². The molecule has 3 heterocycles. The summed E-state index contributed by atoms with van der Waals surface area (Å²) in [5.41, 5.74) is 2.53. The molecule has 0 atom stereocenters. The molecule has 8 heteroatoms. The van der Waals surface area contributed by atoms with E-state index >= 15 is 0 Å². The van der Waals surface area contributed by atoms with Crippen molar-refractivity contribution in [3.05, 3.63) is 72.2 Å². The number of hydrogen-bond donors (Lipinski definition) is 1. The fraction of sp³-hybridized carbons (Fsp3) is 0.208. The zero-order chi connectivity index (χ0) is 22.8. The van der Waals surface area contributed by atoms with E-state index in [2.05, 4.69) is 15.3 Å². The minimum absolute atomic E-state index is 0.0947. The summed E-state index contributed by atoms with van der Waals surface area (Å²) in [6, 6.07) is 7.63. The maximum absolute atomic E-state index is 12.4. The van der Waals surface area contributed by atoms with Gasteiger partial charge in [0.05, 0.1) is 20.9 Å². The van der Waals surface area contributed by atoms with Crippen molar-refractivity contribution in [2.45, 2.75) is 18.7 Å². The molecule has 0 aliphatic heterocycles. The lowest BCUT2D eigenvalue weighted by Gasteiger charge is -2.12. The van der Waals surface area contributed by atoms with Gasteiger partial charge in [-0.05, 0) is 26.0 Å². The molecule has 0 aliphatic rings. The number of nitrogens with one attached hydrogen (secondary N) is 1. The number of carbonyl (C=O) groups is 1. The van der Waals surface area contributed by atoms with E-state index in [4.69, 9.17) is 4.74 Å². The summed E-state index contributed by atoms with van der Waals surface area (Å²) >= 11 is 1.56. The summed E-state index contributed by atoms with van der Waals surface area (Å²) in [4.78, 5) is 23.0. The van der Waals surface area contributed by atoms with Crippen LogP contribution in [-0.2, 0) is 14.1 Å². The first kappa shape index (κ1) is 21.7. The molecular weight excluding hydrogens is 422 g/mol. The van der Waals surface area contributed by atoms with Gasteiger partial charge in [-0.1, -0.05) is 17.8 Å². The summed E-state index contributed by atoms with van der Waals surface area (Å²) in [6.45, 7) is 3.93. The highest BCUT2D eigenvalue weighted by molar-refractivity contribution is 8.08. The minimum Gasteiger partial charge on any atom is -0.456 e. The number of thioether (sulfide) groups is 1. The van der Waals surface area contributed by atoms with Crippen LogP contribution >= 0.6 is 11.8 Å². The molecular formula is C24H25N5O2S. The predicted octanol–water partition coefficient (Wildman–Crippen LogP) is 4.92. The van der Waals surface area contributed by atoms with Crippen LogP contribution in [0.3, 0.4) is 0 Å². The van der Waals surface area contributed by atoms with E-state index in [1.54, 1.807) is 37.4 Å². The molecule has 3 aromatic heterocycles. The number of allylic oxidation sites excluding steroid dienone is 1. The van der Waals surface area contributed by atoms with Crippen molar-refractivity contribution in [3.63, 3.8) is 0 Å². The normalized spacial score (nSPS) is 11.7. The second-order valence-electron chi connectivity index (χ2n) is 7.32. The van der Waals surface area contributed by atoms with Crippen molar-refractivity contribution >= 4 is 33.5 Å². The van der Waals surface area contributed by atoms with Gasteiger partial charge in [-0.25, -0.2) is 4.98 Å². The van der Waals surface area contributed by atoms with Gasteiger partial charge in [0.2, 0.25) is 0 Å². The van der Waals surface area contributed by atoms with Gasteiger partial charge in [0, 0.05) is 69.1 Å². The summed E-state index contributed by atoms with van der Waals surface area (Å²) in [5.74, 6) is 2.18. The Morgan fingerprint density at radius 3 is 2.72 bits per heavy atom. The van der Waals surface area contributed by atoms with Crippen molar-refractivity contribution in [2.24, 2.45) is 14.1 Å². The Hall–Kier alpha value is -3.52. The maximum Gasteiger partial charge on any atom is 0.253 e. The molecule has 0 fully saturated rings. The number of imidazole rings is 1. The van der Waals surface area contributed by atoms with Crippen molar-refractivity contribution in [1.82, 2.24) is 24.4 Å². The average molecular weight is 448 g/mol. The third kappa shape index (κ3) is 3.89. The molecule has 0 unspecified atom stereocenters. The van der Waals surface area contributed by atoms with Crippen LogP contribution in [-0.4, -0.2) is 32.1 Å². The Morgan fingerprint density at radius 2 is 2.03 bits per heavy atom. The van der Waals surface area contributed by atoms with Crippen LogP contribution in [0.4, 0.5) is 0 Å². The molecule has 0 saturated heterocycles. The number of carbonyl (C=O) groups excluding carboxylic acids is 1. The summed E-state index contributed by atoms with van der Waals surface area (Å²) < 4.78 is 10.3. The molecule has 0 bridgehead atoms. The lowest BCUT2D eigenvalue weighted by molar-refractivity contribution is 0.0964. The van der Waals surface area contributed by atoms with Crippen LogP contribution < -0.4 is 10.1 Å². The molecule has 164 valence electrons. The summed E-state index contributed by atoms with van der Waals surface area (Å²) in [6.07, 6.45) is 9.24. The van der Waals surface area contributed by atoms with Crippen LogP contribution in [0.25, 0.3) is 15.8 Å².